The van der Waals surface area contributed by atoms with E-state index >= 15 is 0 Å². The lowest BCUT2D eigenvalue weighted by Gasteiger charge is -2.37. The van der Waals surface area contributed by atoms with Crippen LogP contribution in [0.1, 0.15) is 19.4 Å². The molecular formula is C15H13F9N2O2. The van der Waals surface area contributed by atoms with E-state index in [4.69, 9.17) is 0 Å². The van der Waals surface area contributed by atoms with Gasteiger partial charge in [0.25, 0.3) is 5.92 Å². The summed E-state index contributed by atoms with van der Waals surface area (Å²) in [5, 5.41) is 2.70. The van der Waals surface area contributed by atoms with E-state index in [1.165, 1.54) is 0 Å². The molecule has 0 saturated carbocycles. The second-order valence-electron chi connectivity index (χ2n) is 6.38. The first-order chi connectivity index (χ1) is 12.4. The van der Waals surface area contributed by atoms with Crippen molar-refractivity contribution < 1.29 is 49.0 Å². The van der Waals surface area contributed by atoms with Crippen LogP contribution in [0, 0.1) is 0 Å². The minimum absolute atomic E-state index is 0.0260. The van der Waals surface area contributed by atoms with Gasteiger partial charge in [-0.2, -0.15) is 30.7 Å². The molecule has 0 fully saturated rings. The molecule has 28 heavy (non-hydrogen) atoms. The van der Waals surface area contributed by atoms with Crippen molar-refractivity contribution in [3.05, 3.63) is 23.8 Å². The summed E-state index contributed by atoms with van der Waals surface area (Å²) in [4.78, 5) is 11.8. The number of nitrogens with one attached hydrogen (secondary N) is 2. The number of alkyl halides is 9. The van der Waals surface area contributed by atoms with Crippen molar-refractivity contribution in [3.63, 3.8) is 0 Å². The number of fused-ring (bicyclic) bond motifs is 1. The molecule has 158 valence electrons. The summed E-state index contributed by atoms with van der Waals surface area (Å²) in [5.41, 5.74) is -5.17. The Morgan fingerprint density at radius 3 is 2.14 bits per heavy atom. The third-order valence-electron chi connectivity index (χ3n) is 4.22. The number of hydrogen-bond donors (Lipinski definition) is 2. The molecule has 1 aliphatic rings. The van der Waals surface area contributed by atoms with E-state index in [0.717, 1.165) is 23.5 Å². The van der Waals surface area contributed by atoms with Crippen molar-refractivity contribution in [1.82, 2.24) is 5.32 Å². The Morgan fingerprint density at radius 2 is 1.64 bits per heavy atom. The Labute approximate surface area is 152 Å². The van der Waals surface area contributed by atoms with E-state index in [0.29, 0.717) is 0 Å². The number of amides is 2. The Morgan fingerprint density at radius 1 is 1.07 bits per heavy atom. The molecule has 1 aromatic rings. The highest BCUT2D eigenvalue weighted by Crippen LogP contribution is 2.48. The maximum Gasteiger partial charge on any atom is 0.464 e. The molecule has 4 nitrogen and oxygen atoms in total. The first-order valence-electron chi connectivity index (χ1n) is 7.51. The van der Waals surface area contributed by atoms with Gasteiger partial charge >= 0.3 is 24.2 Å². The van der Waals surface area contributed by atoms with Crippen LogP contribution >= 0.6 is 0 Å². The van der Waals surface area contributed by atoms with Crippen LogP contribution < -0.4 is 15.4 Å². The minimum atomic E-state index is -5.58. The molecule has 0 saturated heterocycles. The third-order valence-corrected chi connectivity index (χ3v) is 4.22. The van der Waals surface area contributed by atoms with Gasteiger partial charge in [-0.25, -0.2) is 13.6 Å². The van der Waals surface area contributed by atoms with E-state index in [-0.39, 0.29) is 13.8 Å². The first-order valence-corrected chi connectivity index (χ1v) is 7.51. The molecule has 0 aliphatic carbocycles. The van der Waals surface area contributed by atoms with Gasteiger partial charge in [0, 0.05) is 12.5 Å². The average Bonchev–Trinajstić information content (AvgIpc) is 2.46. The van der Waals surface area contributed by atoms with Crippen molar-refractivity contribution in [1.29, 1.82) is 0 Å². The molecule has 0 aromatic heterocycles. The Hall–Kier alpha value is -2.34. The maximum atomic E-state index is 13.5. The standard InChI is InChI=1S/C15H13F9N2O2/c1-11(12(2,16)17,14(20,21)22)26-10(27)25-8-5-3-4-7-6-13(18,19)15(23,24)28-9(7)8/h3-5H,6H2,1-2H3,(H2,25,26,27). The van der Waals surface area contributed by atoms with Crippen molar-refractivity contribution in [2.24, 2.45) is 0 Å². The first kappa shape index (κ1) is 22.0. The summed E-state index contributed by atoms with van der Waals surface area (Å²) in [5.74, 6) is -9.94. The molecule has 1 unspecified atom stereocenters. The number of hydrogen-bond acceptors (Lipinski definition) is 2. The third kappa shape index (κ3) is 3.65. The number of anilines is 1. The van der Waals surface area contributed by atoms with Crippen LogP contribution in [-0.2, 0) is 6.42 Å². The highest BCUT2D eigenvalue weighted by atomic mass is 19.4. The maximum absolute atomic E-state index is 13.5. The second kappa shape index (κ2) is 6.34. The minimum Gasteiger partial charge on any atom is -0.426 e. The van der Waals surface area contributed by atoms with E-state index in [1.54, 1.807) is 5.32 Å². The zero-order valence-corrected chi connectivity index (χ0v) is 14.2. The fourth-order valence-corrected chi connectivity index (χ4v) is 2.30. The lowest BCUT2D eigenvalue weighted by Crippen LogP contribution is -2.66. The normalized spacial score (nSPS) is 20.4. The van der Waals surface area contributed by atoms with Crippen LogP contribution in [0.15, 0.2) is 18.2 Å². The molecule has 2 rings (SSSR count). The molecule has 0 bridgehead atoms. The van der Waals surface area contributed by atoms with Crippen molar-refractivity contribution in [3.8, 4) is 5.75 Å². The summed E-state index contributed by atoms with van der Waals surface area (Å²) < 4.78 is 123. The zero-order chi connectivity index (χ0) is 21.8. The van der Waals surface area contributed by atoms with Gasteiger partial charge in [0.15, 0.2) is 11.3 Å². The number of urea groups is 1. The van der Waals surface area contributed by atoms with E-state index in [1.807, 2.05) is 0 Å². The average molecular weight is 424 g/mol. The van der Waals surface area contributed by atoms with E-state index in [2.05, 4.69) is 4.74 Å². The van der Waals surface area contributed by atoms with Gasteiger partial charge in [-0.1, -0.05) is 12.1 Å². The monoisotopic (exact) mass is 424 g/mol. The lowest BCUT2D eigenvalue weighted by molar-refractivity contribution is -0.315. The highest BCUT2D eigenvalue weighted by molar-refractivity contribution is 5.92. The van der Waals surface area contributed by atoms with Gasteiger partial charge in [-0.3, -0.25) is 0 Å². The van der Waals surface area contributed by atoms with Gasteiger partial charge in [0.2, 0.25) is 0 Å². The number of ether oxygens (including phenoxy) is 1. The molecular weight excluding hydrogens is 411 g/mol. The molecule has 0 spiro atoms. The summed E-state index contributed by atoms with van der Waals surface area (Å²) in [7, 11) is 0. The van der Waals surface area contributed by atoms with Crippen LogP contribution in [-0.4, -0.2) is 35.7 Å². The van der Waals surface area contributed by atoms with Gasteiger partial charge in [0.1, 0.15) is 0 Å². The van der Waals surface area contributed by atoms with Crippen LogP contribution in [0.3, 0.4) is 0 Å². The highest BCUT2D eigenvalue weighted by Gasteiger charge is 2.65. The number of carbonyl (C=O) groups excluding carboxylic acids is 1. The van der Waals surface area contributed by atoms with Gasteiger partial charge in [-0.15, -0.1) is 0 Å². The summed E-state index contributed by atoms with van der Waals surface area (Å²) >= 11 is 0. The van der Waals surface area contributed by atoms with Crippen LogP contribution in [0.25, 0.3) is 0 Å². The van der Waals surface area contributed by atoms with Gasteiger partial charge in [-0.05, 0) is 13.0 Å². The largest absolute Gasteiger partial charge is 0.464 e. The van der Waals surface area contributed by atoms with Crippen molar-refractivity contribution in [2.75, 3.05) is 5.32 Å². The Bertz CT molecular complexity index is 758. The SMILES string of the molecule is CC(F)(F)C(C)(NC(=O)Nc1cccc2c1OC(F)(F)C(F)(F)C2)C(F)(F)F. The fourth-order valence-electron chi connectivity index (χ4n) is 2.30. The zero-order valence-electron chi connectivity index (χ0n) is 14.2. The fraction of sp³-hybridized carbons (Fsp3) is 0.533. The van der Waals surface area contributed by atoms with Crippen molar-refractivity contribution in [2.45, 2.75) is 49.9 Å². The van der Waals surface area contributed by atoms with Gasteiger partial charge < -0.3 is 15.4 Å². The number of para-hydroxylation sites is 1. The molecule has 0 radical (unpaired) electrons. The molecule has 1 heterocycles. The van der Waals surface area contributed by atoms with Crippen LogP contribution in [0.4, 0.5) is 50.0 Å². The van der Waals surface area contributed by atoms with E-state index < -0.39 is 59.1 Å². The predicted octanol–water partition coefficient (Wildman–Crippen LogP) is 4.95. The predicted molar refractivity (Wildman–Crippen MR) is 77.9 cm³/mol. The topological polar surface area (TPSA) is 50.4 Å². The summed E-state index contributed by atoms with van der Waals surface area (Å²) in [6.07, 6.45) is -12.0. The van der Waals surface area contributed by atoms with Crippen LogP contribution in [0.5, 0.6) is 5.75 Å². The van der Waals surface area contributed by atoms with Crippen molar-refractivity contribution >= 4 is 11.7 Å². The molecule has 2 amide bonds. The number of carbonyl (C=O) groups is 1. The summed E-state index contributed by atoms with van der Waals surface area (Å²) in [6, 6.07) is 1.04. The smallest absolute Gasteiger partial charge is 0.426 e. The molecule has 1 atom stereocenters. The van der Waals surface area contributed by atoms with E-state index in [9.17, 15) is 44.3 Å². The molecule has 1 aromatic carbocycles. The number of benzene rings is 1. The lowest BCUT2D eigenvalue weighted by atomic mass is 9.94. The number of halogens is 9. The quantitative estimate of drug-likeness (QED) is 0.675. The summed E-state index contributed by atoms with van der Waals surface area (Å²) in [6.45, 7) is -0.0465. The molecule has 2 N–H and O–H groups in total. The number of rotatable bonds is 3. The Balaban J connectivity index is 2.32. The second-order valence-corrected chi connectivity index (χ2v) is 6.38. The van der Waals surface area contributed by atoms with Crippen LogP contribution in [0.2, 0.25) is 0 Å². The molecule has 1 aliphatic heterocycles. The Kier molecular flexibility index (Phi) is 4.97. The molecule has 13 heteroatoms. The van der Waals surface area contributed by atoms with Gasteiger partial charge in [0.05, 0.1) is 12.1 Å².